The Kier molecular flexibility index (Phi) is 12.3. The molecule has 0 saturated carbocycles. The van der Waals surface area contributed by atoms with Gasteiger partial charge in [0, 0.05) is 41.5 Å². The molecular formula is C27H39N5O4. The molecule has 1 heterocycles. The SMILES string of the molecule is CC(C)NC(=O)c1ccc(C(=O)NC(C)C)cc1.CC(C)NC(=O)c1ccc(C(=O)NC(C)C)nc1. The molecule has 9 nitrogen and oxygen atoms in total. The predicted octanol–water partition coefficient (Wildman–Crippen LogP) is 3.32. The molecule has 0 spiro atoms. The van der Waals surface area contributed by atoms with Gasteiger partial charge in [0.25, 0.3) is 23.6 Å². The van der Waals surface area contributed by atoms with Crippen LogP contribution in [0.1, 0.15) is 97.0 Å². The zero-order valence-corrected chi connectivity index (χ0v) is 22.4. The second-order valence-electron chi connectivity index (χ2n) is 9.52. The standard InChI is InChI=1S/C14H20N2O2.C13H19N3O2/c1-9(2)15-13(17)11-5-7-12(8-6-11)14(18)16-10(3)4;1-8(2)15-12(17)10-5-6-11(14-7-10)13(18)16-9(3)4/h5-10H,1-4H3,(H,15,17)(H,16,18);5-9H,1-4H3,(H,15,17)(H,16,18). The Hall–Kier alpha value is -3.75. The van der Waals surface area contributed by atoms with E-state index in [9.17, 15) is 19.2 Å². The van der Waals surface area contributed by atoms with Crippen molar-refractivity contribution in [1.82, 2.24) is 26.3 Å². The molecule has 0 radical (unpaired) electrons. The van der Waals surface area contributed by atoms with Crippen LogP contribution in [0.4, 0.5) is 0 Å². The van der Waals surface area contributed by atoms with Crippen LogP contribution in [0.3, 0.4) is 0 Å². The lowest BCUT2D eigenvalue weighted by Crippen LogP contribution is -2.32. The van der Waals surface area contributed by atoms with Gasteiger partial charge in [-0.15, -0.1) is 0 Å². The van der Waals surface area contributed by atoms with E-state index < -0.39 is 0 Å². The number of pyridine rings is 1. The van der Waals surface area contributed by atoms with E-state index in [1.165, 1.54) is 6.20 Å². The van der Waals surface area contributed by atoms with E-state index in [4.69, 9.17) is 0 Å². The highest BCUT2D eigenvalue weighted by molar-refractivity contribution is 5.98. The van der Waals surface area contributed by atoms with E-state index in [1.54, 1.807) is 36.4 Å². The average Bonchev–Trinajstić information content (AvgIpc) is 2.78. The lowest BCUT2D eigenvalue weighted by atomic mass is 10.1. The molecule has 1 aromatic carbocycles. The van der Waals surface area contributed by atoms with Crippen LogP contribution in [0.15, 0.2) is 42.6 Å². The number of rotatable bonds is 8. The minimum absolute atomic E-state index is 0.0585. The van der Waals surface area contributed by atoms with Crippen LogP contribution in [0.2, 0.25) is 0 Å². The second-order valence-corrected chi connectivity index (χ2v) is 9.52. The Bertz CT molecular complexity index is 848. The summed E-state index contributed by atoms with van der Waals surface area (Å²) in [5.41, 5.74) is 1.88. The maximum atomic E-state index is 11.7. The molecule has 1 aromatic heterocycles. The highest BCUT2D eigenvalue weighted by Crippen LogP contribution is 2.05. The first-order valence-electron chi connectivity index (χ1n) is 12.1. The number of carbonyl (C=O) groups is 4. The monoisotopic (exact) mass is 497 g/mol. The van der Waals surface area contributed by atoms with Crippen molar-refractivity contribution < 1.29 is 19.2 Å². The second kappa shape index (κ2) is 14.6. The van der Waals surface area contributed by atoms with Crippen molar-refractivity contribution in [2.75, 3.05) is 0 Å². The van der Waals surface area contributed by atoms with E-state index in [0.717, 1.165) is 0 Å². The Morgan fingerprint density at radius 3 is 1.11 bits per heavy atom. The minimum Gasteiger partial charge on any atom is -0.350 e. The van der Waals surface area contributed by atoms with Gasteiger partial charge in [-0.3, -0.25) is 24.2 Å². The first-order chi connectivity index (χ1) is 16.8. The minimum atomic E-state index is -0.235. The Labute approximate surface area is 213 Å². The highest BCUT2D eigenvalue weighted by atomic mass is 16.2. The van der Waals surface area contributed by atoms with Crippen LogP contribution in [-0.4, -0.2) is 52.8 Å². The van der Waals surface area contributed by atoms with Crippen LogP contribution in [0.25, 0.3) is 0 Å². The van der Waals surface area contributed by atoms with Crippen molar-refractivity contribution in [1.29, 1.82) is 0 Å². The van der Waals surface area contributed by atoms with E-state index >= 15 is 0 Å². The maximum Gasteiger partial charge on any atom is 0.270 e. The van der Waals surface area contributed by atoms with Crippen molar-refractivity contribution in [3.8, 4) is 0 Å². The Balaban J connectivity index is 0.000000360. The highest BCUT2D eigenvalue weighted by Gasteiger charge is 2.12. The number of aromatic nitrogens is 1. The molecule has 36 heavy (non-hydrogen) atoms. The smallest absolute Gasteiger partial charge is 0.270 e. The molecule has 4 N–H and O–H groups in total. The lowest BCUT2D eigenvalue weighted by molar-refractivity contribution is 0.0926. The fourth-order valence-electron chi connectivity index (χ4n) is 2.81. The molecule has 2 rings (SSSR count). The average molecular weight is 498 g/mol. The van der Waals surface area contributed by atoms with Gasteiger partial charge in [0.05, 0.1) is 5.56 Å². The molecule has 0 fully saturated rings. The molecule has 9 heteroatoms. The van der Waals surface area contributed by atoms with Crippen molar-refractivity contribution in [3.05, 3.63) is 65.0 Å². The summed E-state index contributed by atoms with van der Waals surface area (Å²) in [4.78, 5) is 50.7. The zero-order chi connectivity index (χ0) is 27.4. The number of carbonyl (C=O) groups excluding carboxylic acids is 4. The quantitative estimate of drug-likeness (QED) is 0.445. The van der Waals surface area contributed by atoms with Gasteiger partial charge in [0.2, 0.25) is 0 Å². The fourth-order valence-corrected chi connectivity index (χ4v) is 2.81. The van der Waals surface area contributed by atoms with Crippen LogP contribution >= 0.6 is 0 Å². The molecular weight excluding hydrogens is 458 g/mol. The van der Waals surface area contributed by atoms with Crippen molar-refractivity contribution in [3.63, 3.8) is 0 Å². The van der Waals surface area contributed by atoms with E-state index in [2.05, 4.69) is 26.3 Å². The largest absolute Gasteiger partial charge is 0.350 e. The van der Waals surface area contributed by atoms with E-state index in [-0.39, 0.29) is 47.8 Å². The third-order valence-electron chi connectivity index (χ3n) is 4.35. The van der Waals surface area contributed by atoms with Gasteiger partial charge in [-0.05, 0) is 91.8 Å². The van der Waals surface area contributed by atoms with Crippen LogP contribution in [0, 0.1) is 0 Å². The number of hydrogen-bond donors (Lipinski definition) is 4. The maximum absolute atomic E-state index is 11.7. The first-order valence-corrected chi connectivity index (χ1v) is 12.1. The van der Waals surface area contributed by atoms with Crippen LogP contribution in [-0.2, 0) is 0 Å². The molecule has 0 aliphatic rings. The Morgan fingerprint density at radius 2 is 0.806 bits per heavy atom. The summed E-state index contributed by atoms with van der Waals surface area (Å²) in [6.07, 6.45) is 1.41. The van der Waals surface area contributed by atoms with Crippen LogP contribution < -0.4 is 21.3 Å². The summed E-state index contributed by atoms with van der Waals surface area (Å²) in [5, 5.41) is 11.1. The summed E-state index contributed by atoms with van der Waals surface area (Å²) < 4.78 is 0. The number of nitrogens with zero attached hydrogens (tertiary/aromatic N) is 1. The van der Waals surface area contributed by atoms with Gasteiger partial charge in [0.15, 0.2) is 0 Å². The molecule has 0 saturated heterocycles. The number of benzene rings is 1. The van der Waals surface area contributed by atoms with Crippen molar-refractivity contribution >= 4 is 23.6 Å². The van der Waals surface area contributed by atoms with E-state index in [0.29, 0.717) is 22.4 Å². The van der Waals surface area contributed by atoms with Gasteiger partial charge in [-0.25, -0.2) is 0 Å². The summed E-state index contributed by atoms with van der Waals surface area (Å²) in [5.74, 6) is -0.671. The van der Waals surface area contributed by atoms with Crippen LogP contribution in [0.5, 0.6) is 0 Å². The van der Waals surface area contributed by atoms with Gasteiger partial charge in [-0.2, -0.15) is 0 Å². The summed E-state index contributed by atoms with van der Waals surface area (Å²) in [6.45, 7) is 15.1. The van der Waals surface area contributed by atoms with Crippen molar-refractivity contribution in [2.45, 2.75) is 79.6 Å². The number of nitrogens with one attached hydrogen (secondary N) is 4. The third kappa shape index (κ3) is 11.1. The lowest BCUT2D eigenvalue weighted by Gasteiger charge is -2.10. The van der Waals surface area contributed by atoms with Gasteiger partial charge < -0.3 is 21.3 Å². The molecule has 0 atom stereocenters. The summed E-state index contributed by atoms with van der Waals surface area (Å²) in [7, 11) is 0. The van der Waals surface area contributed by atoms with Crippen molar-refractivity contribution in [2.24, 2.45) is 0 Å². The normalized spacial score (nSPS) is 10.6. The summed E-state index contributed by atoms with van der Waals surface area (Å²) >= 11 is 0. The zero-order valence-electron chi connectivity index (χ0n) is 22.4. The molecule has 0 aliphatic carbocycles. The Morgan fingerprint density at radius 1 is 0.500 bits per heavy atom. The van der Waals surface area contributed by atoms with Gasteiger partial charge in [-0.1, -0.05) is 0 Å². The molecule has 2 aromatic rings. The molecule has 0 unspecified atom stereocenters. The molecule has 0 bridgehead atoms. The number of amides is 4. The van der Waals surface area contributed by atoms with Gasteiger partial charge >= 0.3 is 0 Å². The first kappa shape index (κ1) is 30.3. The van der Waals surface area contributed by atoms with E-state index in [1.807, 2.05) is 55.4 Å². The molecule has 196 valence electrons. The molecule has 0 aliphatic heterocycles. The number of hydrogen-bond acceptors (Lipinski definition) is 5. The fraction of sp³-hybridized carbons (Fsp3) is 0.444. The third-order valence-corrected chi connectivity index (χ3v) is 4.35. The summed E-state index contributed by atoms with van der Waals surface area (Å²) in [6, 6.07) is 10.1. The predicted molar refractivity (Wildman–Crippen MR) is 141 cm³/mol. The topological polar surface area (TPSA) is 129 Å². The molecule has 4 amide bonds. The van der Waals surface area contributed by atoms with Gasteiger partial charge in [0.1, 0.15) is 5.69 Å².